The summed E-state index contributed by atoms with van der Waals surface area (Å²) in [5, 5.41) is 6.90. The van der Waals surface area contributed by atoms with Crippen LogP contribution >= 0.6 is 0 Å². The van der Waals surface area contributed by atoms with Crippen molar-refractivity contribution in [3.05, 3.63) is 72.8 Å². The zero-order valence-corrected chi connectivity index (χ0v) is 18.1. The second kappa shape index (κ2) is 9.55. The van der Waals surface area contributed by atoms with Gasteiger partial charge in [-0.05, 0) is 61.2 Å². The molecule has 3 heterocycles. The van der Waals surface area contributed by atoms with E-state index in [2.05, 4.69) is 22.0 Å². The first-order valence-corrected chi connectivity index (χ1v) is 10.7. The average molecular weight is 431 g/mol. The molecule has 2 aromatic heterocycles. The molecule has 1 aliphatic rings. The minimum Gasteiger partial charge on any atom is -0.338 e. The predicted molar refractivity (Wildman–Crippen MR) is 122 cm³/mol. The second-order valence-corrected chi connectivity index (χ2v) is 7.93. The first-order valence-electron chi connectivity index (χ1n) is 10.7. The van der Waals surface area contributed by atoms with Gasteiger partial charge in [0.15, 0.2) is 0 Å². The molecule has 32 heavy (non-hydrogen) atoms. The maximum atomic E-state index is 13.0. The lowest BCUT2D eigenvalue weighted by atomic mass is 9.94. The first kappa shape index (κ1) is 21.4. The standard InChI is InChI=1S/C24H26N6O2/c1-3-23(31)27-19-8-6-18(7-9-19)24(32)30-14-4-5-17(16-30)15-22-25-12-10-20(28-22)21-11-13-26-29(21)2/h3,6-13,17H,1,4-5,14-16H2,2H3,(H,27,31)/t17-/m0/s1. The summed E-state index contributed by atoms with van der Waals surface area (Å²) in [4.78, 5) is 35.5. The largest absolute Gasteiger partial charge is 0.338 e. The van der Waals surface area contributed by atoms with Crippen LogP contribution in [0.1, 0.15) is 29.0 Å². The van der Waals surface area contributed by atoms with Crippen LogP contribution in [0, 0.1) is 5.92 Å². The quantitative estimate of drug-likeness (QED) is 0.607. The van der Waals surface area contributed by atoms with Gasteiger partial charge in [-0.25, -0.2) is 9.97 Å². The lowest BCUT2D eigenvalue weighted by Crippen LogP contribution is -2.40. The average Bonchev–Trinajstić information content (AvgIpc) is 3.25. The molecule has 0 unspecified atom stereocenters. The summed E-state index contributed by atoms with van der Waals surface area (Å²) in [7, 11) is 1.89. The van der Waals surface area contributed by atoms with E-state index in [4.69, 9.17) is 4.98 Å². The number of nitrogens with zero attached hydrogens (tertiary/aromatic N) is 5. The molecule has 2 amide bonds. The summed E-state index contributed by atoms with van der Waals surface area (Å²) in [6.45, 7) is 4.85. The van der Waals surface area contributed by atoms with E-state index in [1.54, 1.807) is 41.3 Å². The Kier molecular flexibility index (Phi) is 6.39. The number of carbonyl (C=O) groups excluding carboxylic acids is 2. The smallest absolute Gasteiger partial charge is 0.253 e. The number of benzene rings is 1. The maximum absolute atomic E-state index is 13.0. The van der Waals surface area contributed by atoms with Gasteiger partial charge in [-0.3, -0.25) is 14.3 Å². The second-order valence-electron chi connectivity index (χ2n) is 7.93. The highest BCUT2D eigenvalue weighted by Gasteiger charge is 2.25. The van der Waals surface area contributed by atoms with Crippen LogP contribution in [-0.4, -0.2) is 49.6 Å². The molecule has 0 bridgehead atoms. The van der Waals surface area contributed by atoms with Crippen molar-refractivity contribution >= 4 is 17.5 Å². The van der Waals surface area contributed by atoms with E-state index in [0.717, 1.165) is 43.0 Å². The van der Waals surface area contributed by atoms with E-state index in [0.29, 0.717) is 23.7 Å². The molecular formula is C24H26N6O2. The Balaban J connectivity index is 1.40. The molecule has 1 aliphatic heterocycles. The fourth-order valence-electron chi connectivity index (χ4n) is 4.01. The van der Waals surface area contributed by atoms with E-state index in [-0.39, 0.29) is 11.8 Å². The molecule has 164 valence electrons. The number of aryl methyl sites for hydroxylation is 1. The zero-order valence-electron chi connectivity index (χ0n) is 18.1. The van der Waals surface area contributed by atoms with Gasteiger partial charge < -0.3 is 10.2 Å². The number of hydrogen-bond donors (Lipinski definition) is 1. The number of amides is 2. The molecule has 1 saturated heterocycles. The van der Waals surface area contributed by atoms with Gasteiger partial charge in [0.05, 0.1) is 11.4 Å². The highest BCUT2D eigenvalue weighted by Crippen LogP contribution is 2.23. The van der Waals surface area contributed by atoms with Gasteiger partial charge in [-0.2, -0.15) is 5.10 Å². The van der Waals surface area contributed by atoms with Gasteiger partial charge in [-0.15, -0.1) is 0 Å². The molecule has 1 fully saturated rings. The fraction of sp³-hybridized carbons (Fsp3) is 0.292. The Morgan fingerprint density at radius 2 is 2.00 bits per heavy atom. The predicted octanol–water partition coefficient (Wildman–Crippen LogP) is 3.10. The first-order chi connectivity index (χ1) is 15.5. The Morgan fingerprint density at radius 1 is 1.19 bits per heavy atom. The lowest BCUT2D eigenvalue weighted by molar-refractivity contribution is -0.111. The summed E-state index contributed by atoms with van der Waals surface area (Å²) in [6, 6.07) is 10.8. The molecule has 0 aliphatic carbocycles. The van der Waals surface area contributed by atoms with Crippen LogP contribution in [0.4, 0.5) is 5.69 Å². The van der Waals surface area contributed by atoms with Crippen LogP contribution in [0.5, 0.6) is 0 Å². The number of aromatic nitrogens is 4. The van der Waals surface area contributed by atoms with Gasteiger partial charge in [-0.1, -0.05) is 6.58 Å². The molecule has 0 saturated carbocycles. The molecule has 8 nitrogen and oxygen atoms in total. The number of rotatable bonds is 6. The molecular weight excluding hydrogens is 404 g/mol. The third-order valence-electron chi connectivity index (χ3n) is 5.65. The van der Waals surface area contributed by atoms with Gasteiger partial charge in [0.2, 0.25) is 5.91 Å². The van der Waals surface area contributed by atoms with Crippen molar-refractivity contribution in [2.75, 3.05) is 18.4 Å². The Morgan fingerprint density at radius 3 is 2.72 bits per heavy atom. The molecule has 1 aromatic carbocycles. The Bertz CT molecular complexity index is 1120. The number of piperidine rings is 1. The number of anilines is 1. The highest BCUT2D eigenvalue weighted by atomic mass is 16.2. The minimum atomic E-state index is -0.280. The maximum Gasteiger partial charge on any atom is 0.253 e. The Hall–Kier alpha value is -3.81. The van der Waals surface area contributed by atoms with Crippen LogP contribution < -0.4 is 5.32 Å². The van der Waals surface area contributed by atoms with E-state index in [9.17, 15) is 9.59 Å². The topological polar surface area (TPSA) is 93.0 Å². The minimum absolute atomic E-state index is 0.000788. The summed E-state index contributed by atoms with van der Waals surface area (Å²) in [5.74, 6) is 0.810. The van der Waals surface area contributed by atoms with Gasteiger partial charge >= 0.3 is 0 Å². The summed E-state index contributed by atoms with van der Waals surface area (Å²) in [6.07, 6.45) is 7.46. The molecule has 4 rings (SSSR count). The molecule has 0 spiro atoms. The Labute approximate surface area is 187 Å². The molecule has 3 aromatic rings. The summed E-state index contributed by atoms with van der Waals surface area (Å²) >= 11 is 0. The fourth-order valence-corrected chi connectivity index (χ4v) is 4.01. The van der Waals surface area contributed by atoms with Crippen LogP contribution in [0.2, 0.25) is 0 Å². The zero-order chi connectivity index (χ0) is 22.5. The third-order valence-corrected chi connectivity index (χ3v) is 5.65. The van der Waals surface area contributed by atoms with Crippen molar-refractivity contribution in [3.8, 4) is 11.4 Å². The molecule has 8 heteroatoms. The van der Waals surface area contributed by atoms with Crippen molar-refractivity contribution < 1.29 is 9.59 Å². The van der Waals surface area contributed by atoms with Gasteiger partial charge in [0, 0.05) is 50.2 Å². The third kappa shape index (κ3) is 4.91. The highest BCUT2D eigenvalue weighted by molar-refractivity contribution is 5.99. The summed E-state index contributed by atoms with van der Waals surface area (Å²) in [5.41, 5.74) is 3.04. The molecule has 1 N–H and O–H groups in total. The van der Waals surface area contributed by atoms with E-state index in [1.807, 2.05) is 24.1 Å². The van der Waals surface area contributed by atoms with Crippen LogP contribution in [0.25, 0.3) is 11.4 Å². The number of hydrogen-bond acceptors (Lipinski definition) is 5. The van der Waals surface area contributed by atoms with Crippen LogP contribution in [0.3, 0.4) is 0 Å². The van der Waals surface area contributed by atoms with E-state index >= 15 is 0 Å². The van der Waals surface area contributed by atoms with Crippen molar-refractivity contribution in [1.82, 2.24) is 24.6 Å². The monoisotopic (exact) mass is 430 g/mol. The normalized spacial score (nSPS) is 15.9. The lowest BCUT2D eigenvalue weighted by Gasteiger charge is -2.32. The van der Waals surface area contributed by atoms with Crippen molar-refractivity contribution in [2.24, 2.45) is 13.0 Å². The molecule has 1 atom stereocenters. The van der Waals surface area contributed by atoms with Crippen LogP contribution in [0.15, 0.2) is 61.4 Å². The number of likely N-dealkylation sites (tertiary alicyclic amines) is 1. The van der Waals surface area contributed by atoms with Gasteiger partial charge in [0.25, 0.3) is 5.91 Å². The van der Waals surface area contributed by atoms with E-state index in [1.165, 1.54) is 6.08 Å². The van der Waals surface area contributed by atoms with E-state index < -0.39 is 0 Å². The number of nitrogens with one attached hydrogen (secondary N) is 1. The van der Waals surface area contributed by atoms with Crippen molar-refractivity contribution in [1.29, 1.82) is 0 Å². The molecule has 0 radical (unpaired) electrons. The SMILES string of the molecule is C=CC(=O)Nc1ccc(C(=O)N2CCC[C@@H](Cc3nccc(-c4ccnn4C)n3)C2)cc1. The van der Waals surface area contributed by atoms with Gasteiger partial charge in [0.1, 0.15) is 5.82 Å². The van der Waals surface area contributed by atoms with Crippen LogP contribution in [-0.2, 0) is 18.3 Å². The number of carbonyl (C=O) groups is 2. The summed E-state index contributed by atoms with van der Waals surface area (Å²) < 4.78 is 1.79. The van der Waals surface area contributed by atoms with Crippen molar-refractivity contribution in [2.45, 2.75) is 19.3 Å². The van der Waals surface area contributed by atoms with Crippen molar-refractivity contribution in [3.63, 3.8) is 0 Å².